The molecule has 208 valence electrons. The Morgan fingerprint density at radius 1 is 1.18 bits per heavy atom. The van der Waals surface area contributed by atoms with Crippen molar-refractivity contribution in [3.63, 3.8) is 0 Å². The van der Waals surface area contributed by atoms with Crippen LogP contribution in [0.2, 0.25) is 5.02 Å². The summed E-state index contributed by atoms with van der Waals surface area (Å²) in [6.45, 7) is 1.17. The molecule has 3 heterocycles. The van der Waals surface area contributed by atoms with E-state index in [1.54, 1.807) is 30.1 Å². The van der Waals surface area contributed by atoms with Gasteiger partial charge in [-0.2, -0.15) is 5.10 Å². The first-order valence-corrected chi connectivity index (χ1v) is 14.9. The molecule has 0 unspecified atom stereocenters. The fourth-order valence-electron chi connectivity index (χ4n) is 6.01. The van der Waals surface area contributed by atoms with Crippen molar-refractivity contribution in [3.05, 3.63) is 96.5 Å². The van der Waals surface area contributed by atoms with Gasteiger partial charge in [-0.3, -0.25) is 19.0 Å². The highest BCUT2D eigenvalue weighted by molar-refractivity contribution is 9.10. The van der Waals surface area contributed by atoms with Gasteiger partial charge in [0.2, 0.25) is 0 Å². The molecular weight excluding hydrogens is 594 g/mol. The third-order valence-electron chi connectivity index (χ3n) is 8.08. The number of nitrogens with one attached hydrogen (secondary N) is 1. The Kier molecular flexibility index (Phi) is 7.81. The summed E-state index contributed by atoms with van der Waals surface area (Å²) in [6.07, 6.45) is 8.14. The fourth-order valence-corrected chi connectivity index (χ4v) is 6.43. The zero-order valence-corrected chi connectivity index (χ0v) is 24.7. The minimum absolute atomic E-state index is 0.0475. The molecule has 1 fully saturated rings. The number of benzene rings is 2. The molecule has 1 aliphatic heterocycles. The van der Waals surface area contributed by atoms with Crippen LogP contribution in [0.25, 0.3) is 11.3 Å². The molecule has 1 amide bonds. The van der Waals surface area contributed by atoms with E-state index in [9.17, 15) is 9.59 Å². The van der Waals surface area contributed by atoms with Crippen LogP contribution in [0, 0.1) is 5.92 Å². The number of aromatic nitrogens is 3. The summed E-state index contributed by atoms with van der Waals surface area (Å²) in [5.41, 5.74) is 8.29. The third-order valence-corrected chi connectivity index (χ3v) is 9.31. The molecule has 1 saturated carbocycles. The first-order chi connectivity index (χ1) is 19.4. The van der Waals surface area contributed by atoms with Gasteiger partial charge < -0.3 is 4.90 Å². The lowest BCUT2D eigenvalue weighted by molar-refractivity contribution is 0.0444. The third kappa shape index (κ3) is 5.11. The number of nitrogens with zero attached hydrogens (tertiary/aromatic N) is 4. The minimum Gasteiger partial charge on any atom is -0.332 e. The molecule has 10 heteroatoms. The number of hydrogen-bond donors (Lipinski definition) is 1. The number of hydroxylamine groups is 1. The molecule has 4 aromatic rings. The zero-order chi connectivity index (χ0) is 27.8. The van der Waals surface area contributed by atoms with Crippen LogP contribution in [0.1, 0.15) is 58.4 Å². The quantitative estimate of drug-likeness (QED) is 0.276. The molecule has 2 aliphatic rings. The molecule has 40 heavy (non-hydrogen) atoms. The molecule has 6 rings (SSSR count). The van der Waals surface area contributed by atoms with Gasteiger partial charge in [-0.25, -0.2) is 10.00 Å². The molecule has 8 nitrogen and oxygen atoms in total. The van der Waals surface area contributed by atoms with E-state index in [1.165, 1.54) is 25.7 Å². The summed E-state index contributed by atoms with van der Waals surface area (Å²) in [6, 6.07) is 13.1. The van der Waals surface area contributed by atoms with Crippen LogP contribution in [0.3, 0.4) is 0 Å². The number of fused-ring (bicyclic) bond motifs is 3. The first-order valence-electron chi connectivity index (χ1n) is 13.7. The van der Waals surface area contributed by atoms with Gasteiger partial charge in [0.1, 0.15) is 5.65 Å². The standard InChI is InChI=1S/C30H31BrClN5O3/c1-33-40-18-20-6-9-23(10-7-20)36-28-22(14-19-4-2-3-5-19)16-34-37(28)27-17-35(13-12-24(27)30(36)39)29(38)21-8-11-25(31)26(32)15-21/h6-11,15-16,19,33H,2-5,12-14,17-18H2,1H3. The molecule has 2 aromatic carbocycles. The number of rotatable bonds is 7. The summed E-state index contributed by atoms with van der Waals surface area (Å²) in [5, 5.41) is 5.30. The van der Waals surface area contributed by atoms with Gasteiger partial charge in [-0.15, -0.1) is 0 Å². The topological polar surface area (TPSA) is 80.9 Å². The van der Waals surface area contributed by atoms with Crippen LogP contribution >= 0.6 is 27.5 Å². The van der Waals surface area contributed by atoms with Gasteiger partial charge in [0, 0.05) is 34.8 Å². The predicted octanol–water partition coefficient (Wildman–Crippen LogP) is 5.48. The number of halogens is 2. The zero-order valence-electron chi connectivity index (χ0n) is 22.3. The van der Waals surface area contributed by atoms with Gasteiger partial charge in [0.15, 0.2) is 0 Å². The average Bonchev–Trinajstić information content (AvgIpc) is 3.64. The van der Waals surface area contributed by atoms with Crippen molar-refractivity contribution < 1.29 is 9.63 Å². The molecule has 0 spiro atoms. The van der Waals surface area contributed by atoms with Crippen LogP contribution < -0.4 is 11.0 Å². The van der Waals surface area contributed by atoms with Crippen molar-refractivity contribution in [1.82, 2.24) is 24.6 Å². The summed E-state index contributed by atoms with van der Waals surface area (Å²) in [5.74, 6) is 0.476. The second-order valence-corrected chi connectivity index (χ2v) is 11.9. The molecule has 1 N–H and O–H groups in total. The summed E-state index contributed by atoms with van der Waals surface area (Å²) >= 11 is 9.66. The van der Waals surface area contributed by atoms with Gasteiger partial charge in [-0.05, 0) is 70.6 Å². The lowest BCUT2D eigenvalue weighted by Gasteiger charge is -2.30. The van der Waals surface area contributed by atoms with E-state index < -0.39 is 0 Å². The molecule has 0 saturated heterocycles. The van der Waals surface area contributed by atoms with Gasteiger partial charge in [0.25, 0.3) is 11.5 Å². The maximum absolute atomic E-state index is 14.2. The van der Waals surface area contributed by atoms with E-state index >= 15 is 0 Å². The highest BCUT2D eigenvalue weighted by Crippen LogP contribution is 2.31. The van der Waals surface area contributed by atoms with Crippen LogP contribution in [-0.4, -0.2) is 38.6 Å². The minimum atomic E-state index is -0.116. The lowest BCUT2D eigenvalue weighted by atomic mass is 9.99. The molecule has 2 aromatic heterocycles. The summed E-state index contributed by atoms with van der Waals surface area (Å²) in [4.78, 5) is 34.7. The van der Waals surface area contributed by atoms with E-state index in [-0.39, 0.29) is 11.5 Å². The van der Waals surface area contributed by atoms with Gasteiger partial charge in [0.05, 0.1) is 35.8 Å². The number of amides is 1. The number of hydrogen-bond acceptors (Lipinski definition) is 5. The van der Waals surface area contributed by atoms with Crippen molar-refractivity contribution in [1.29, 1.82) is 0 Å². The molecule has 0 radical (unpaired) electrons. The Morgan fingerprint density at radius 3 is 2.67 bits per heavy atom. The first kappa shape index (κ1) is 27.2. The van der Waals surface area contributed by atoms with Crippen molar-refractivity contribution in [2.45, 2.75) is 51.7 Å². The van der Waals surface area contributed by atoms with Crippen LogP contribution in [-0.2, 0) is 30.8 Å². The van der Waals surface area contributed by atoms with E-state index in [0.717, 1.165) is 39.0 Å². The van der Waals surface area contributed by atoms with E-state index in [2.05, 4.69) is 21.4 Å². The van der Waals surface area contributed by atoms with Crippen LogP contribution in [0.15, 0.2) is 57.9 Å². The van der Waals surface area contributed by atoms with Crippen molar-refractivity contribution in [3.8, 4) is 5.69 Å². The highest BCUT2D eigenvalue weighted by Gasteiger charge is 2.30. The smallest absolute Gasteiger partial charge is 0.261 e. The van der Waals surface area contributed by atoms with E-state index in [0.29, 0.717) is 48.2 Å². The highest BCUT2D eigenvalue weighted by atomic mass is 79.9. The molecule has 1 aliphatic carbocycles. The lowest BCUT2D eigenvalue weighted by Crippen LogP contribution is -2.41. The SMILES string of the molecule is CNOCc1ccc(-n2c(=O)c3c(n4ncc(CC5CCCC5)c24)CN(C(=O)c2ccc(Br)c(Cl)c2)CC3)cc1. The van der Waals surface area contributed by atoms with E-state index in [1.807, 2.05) is 39.5 Å². The maximum Gasteiger partial charge on any atom is 0.261 e. The monoisotopic (exact) mass is 623 g/mol. The fraction of sp³-hybridized carbons (Fsp3) is 0.367. The molecule has 0 atom stereocenters. The van der Waals surface area contributed by atoms with E-state index in [4.69, 9.17) is 21.5 Å². The normalized spacial score (nSPS) is 15.6. The molecule has 0 bridgehead atoms. The van der Waals surface area contributed by atoms with Crippen LogP contribution in [0.5, 0.6) is 0 Å². The number of carbonyl (C=O) groups excluding carboxylic acids is 1. The Hall–Kier alpha value is -2.98. The predicted molar refractivity (Wildman–Crippen MR) is 158 cm³/mol. The summed E-state index contributed by atoms with van der Waals surface area (Å²) < 4.78 is 4.45. The van der Waals surface area contributed by atoms with Crippen LogP contribution in [0.4, 0.5) is 0 Å². The Balaban J connectivity index is 1.43. The maximum atomic E-state index is 14.2. The Bertz CT molecular complexity index is 1630. The second-order valence-electron chi connectivity index (χ2n) is 10.6. The average molecular weight is 625 g/mol. The second kappa shape index (κ2) is 11.5. The summed E-state index contributed by atoms with van der Waals surface area (Å²) in [7, 11) is 1.73. The molecular formula is C30H31BrClN5O3. The van der Waals surface area contributed by atoms with Crippen molar-refractivity contribution in [2.24, 2.45) is 5.92 Å². The van der Waals surface area contributed by atoms with Gasteiger partial charge in [-0.1, -0.05) is 49.4 Å². The largest absolute Gasteiger partial charge is 0.332 e. The number of carbonyl (C=O) groups is 1. The van der Waals surface area contributed by atoms with Crippen molar-refractivity contribution in [2.75, 3.05) is 13.6 Å². The van der Waals surface area contributed by atoms with Crippen molar-refractivity contribution >= 4 is 39.1 Å². The Labute approximate surface area is 246 Å². The van der Waals surface area contributed by atoms with Gasteiger partial charge >= 0.3 is 0 Å². The Morgan fingerprint density at radius 2 is 1.95 bits per heavy atom.